The first-order valence-electron chi connectivity index (χ1n) is 9.43. The van der Waals surface area contributed by atoms with Crippen LogP contribution in [-0.4, -0.2) is 33.7 Å². The smallest absolute Gasteiger partial charge is 0.253 e. The van der Waals surface area contributed by atoms with Gasteiger partial charge in [0.15, 0.2) is 0 Å². The number of halogens is 1. The third-order valence-electron chi connectivity index (χ3n) is 5.83. The molecule has 1 saturated heterocycles. The van der Waals surface area contributed by atoms with Crippen molar-refractivity contribution in [3.63, 3.8) is 0 Å². The zero-order valence-electron chi connectivity index (χ0n) is 15.6. The number of amides is 1. The van der Waals surface area contributed by atoms with Crippen LogP contribution < -0.4 is 4.74 Å². The third kappa shape index (κ3) is 2.61. The van der Waals surface area contributed by atoms with Crippen LogP contribution in [0.2, 0.25) is 5.02 Å². The lowest BCUT2D eigenvalue weighted by Crippen LogP contribution is -2.49. The summed E-state index contributed by atoms with van der Waals surface area (Å²) in [6.45, 7) is 1.27. The summed E-state index contributed by atoms with van der Waals surface area (Å²) < 4.78 is 8.46. The summed E-state index contributed by atoms with van der Waals surface area (Å²) in [5.74, 6) is 0.921. The number of rotatable bonds is 1. The van der Waals surface area contributed by atoms with Gasteiger partial charge in [0.05, 0.1) is 11.9 Å². The Labute approximate surface area is 168 Å². The Bertz CT molecular complexity index is 1050. The van der Waals surface area contributed by atoms with Gasteiger partial charge in [-0.3, -0.25) is 9.48 Å². The Morgan fingerprint density at radius 2 is 1.82 bits per heavy atom. The van der Waals surface area contributed by atoms with Crippen molar-refractivity contribution in [2.75, 3.05) is 13.1 Å². The summed E-state index contributed by atoms with van der Waals surface area (Å²) >= 11 is 5.94. The Morgan fingerprint density at radius 1 is 1.11 bits per heavy atom. The van der Waals surface area contributed by atoms with E-state index in [-0.39, 0.29) is 5.91 Å². The van der Waals surface area contributed by atoms with Gasteiger partial charge in [0.2, 0.25) is 0 Å². The first-order chi connectivity index (χ1) is 13.6. The number of carbonyl (C=O) groups is 1. The van der Waals surface area contributed by atoms with E-state index in [0.717, 1.165) is 35.4 Å². The van der Waals surface area contributed by atoms with Crippen LogP contribution in [-0.2, 0) is 12.6 Å². The number of para-hydroxylation sites is 1. The van der Waals surface area contributed by atoms with Crippen molar-refractivity contribution in [3.05, 3.63) is 70.9 Å². The molecule has 2 aromatic carbocycles. The molecule has 1 spiro atoms. The van der Waals surface area contributed by atoms with Crippen molar-refractivity contribution in [2.24, 2.45) is 7.05 Å². The van der Waals surface area contributed by atoms with Gasteiger partial charge in [0.25, 0.3) is 5.91 Å². The molecule has 1 fully saturated rings. The van der Waals surface area contributed by atoms with E-state index in [9.17, 15) is 4.79 Å². The maximum Gasteiger partial charge on any atom is 0.253 e. The fourth-order valence-corrected chi connectivity index (χ4v) is 4.45. The molecule has 2 aliphatic rings. The van der Waals surface area contributed by atoms with Crippen molar-refractivity contribution in [2.45, 2.75) is 18.4 Å². The molecule has 2 aliphatic heterocycles. The van der Waals surface area contributed by atoms with Crippen LogP contribution in [0.1, 0.15) is 28.8 Å². The van der Waals surface area contributed by atoms with Crippen molar-refractivity contribution in [1.29, 1.82) is 0 Å². The Hall–Kier alpha value is -2.79. The van der Waals surface area contributed by atoms with Crippen molar-refractivity contribution in [3.8, 4) is 17.0 Å². The van der Waals surface area contributed by atoms with E-state index in [1.165, 1.54) is 0 Å². The van der Waals surface area contributed by atoms with E-state index >= 15 is 0 Å². The number of nitrogens with zero attached hydrogens (tertiary/aromatic N) is 3. The standard InChI is InChI=1S/C22H20ClN3O2/c1-25-20-17-4-2-3-5-19(17)28-22(18(20)14-24-25)10-12-26(13-11-22)21(27)15-6-8-16(23)9-7-15/h2-9,14H,10-13H2,1H3. The van der Waals surface area contributed by atoms with Crippen LogP contribution in [0.25, 0.3) is 11.3 Å². The Morgan fingerprint density at radius 3 is 2.57 bits per heavy atom. The van der Waals surface area contributed by atoms with E-state index in [2.05, 4.69) is 11.2 Å². The van der Waals surface area contributed by atoms with E-state index in [4.69, 9.17) is 16.3 Å². The lowest BCUT2D eigenvalue weighted by Gasteiger charge is -2.44. The van der Waals surface area contributed by atoms with Gasteiger partial charge in [-0.25, -0.2) is 0 Å². The number of carbonyl (C=O) groups excluding carboxylic acids is 1. The maximum atomic E-state index is 12.9. The average molecular weight is 394 g/mol. The topological polar surface area (TPSA) is 47.4 Å². The van der Waals surface area contributed by atoms with Gasteiger partial charge in [0.1, 0.15) is 11.4 Å². The minimum Gasteiger partial charge on any atom is -0.482 e. The molecule has 28 heavy (non-hydrogen) atoms. The van der Waals surface area contributed by atoms with E-state index in [0.29, 0.717) is 23.7 Å². The minimum atomic E-state index is -0.436. The van der Waals surface area contributed by atoms with E-state index < -0.39 is 5.60 Å². The quantitative estimate of drug-likeness (QED) is 0.620. The number of aryl methyl sites for hydroxylation is 1. The lowest BCUT2D eigenvalue weighted by molar-refractivity contribution is -0.00172. The van der Waals surface area contributed by atoms with Gasteiger partial charge < -0.3 is 9.64 Å². The van der Waals surface area contributed by atoms with E-state index in [1.807, 2.05) is 41.0 Å². The van der Waals surface area contributed by atoms with Crippen LogP contribution in [0.4, 0.5) is 0 Å². The second-order valence-corrected chi connectivity index (χ2v) is 7.86. The molecule has 5 rings (SSSR count). The summed E-state index contributed by atoms with van der Waals surface area (Å²) in [6.07, 6.45) is 3.39. The predicted octanol–water partition coefficient (Wildman–Crippen LogP) is 4.26. The number of fused-ring (bicyclic) bond motifs is 4. The molecule has 0 saturated carbocycles. The molecule has 0 aliphatic carbocycles. The number of hydrogen-bond donors (Lipinski definition) is 0. The first kappa shape index (κ1) is 17.3. The zero-order valence-corrected chi connectivity index (χ0v) is 16.3. The molecule has 0 unspecified atom stereocenters. The molecule has 3 aromatic rings. The highest BCUT2D eigenvalue weighted by Gasteiger charge is 2.45. The third-order valence-corrected chi connectivity index (χ3v) is 6.08. The fourth-order valence-electron chi connectivity index (χ4n) is 4.32. The Balaban J connectivity index is 1.43. The van der Waals surface area contributed by atoms with Crippen LogP contribution in [0.15, 0.2) is 54.7 Å². The van der Waals surface area contributed by atoms with Gasteiger partial charge in [-0.05, 0) is 36.4 Å². The number of piperidine rings is 1. The molecule has 5 nitrogen and oxygen atoms in total. The number of likely N-dealkylation sites (tertiary alicyclic amines) is 1. The van der Waals surface area contributed by atoms with Crippen LogP contribution in [0.3, 0.4) is 0 Å². The highest BCUT2D eigenvalue weighted by atomic mass is 35.5. The number of ether oxygens (including phenoxy) is 1. The molecule has 3 heterocycles. The first-order valence-corrected chi connectivity index (χ1v) is 9.81. The van der Waals surface area contributed by atoms with Crippen LogP contribution in [0, 0.1) is 0 Å². The molecule has 0 N–H and O–H groups in total. The Kier molecular flexibility index (Phi) is 3.95. The largest absolute Gasteiger partial charge is 0.482 e. The normalized spacial score (nSPS) is 17.0. The lowest BCUT2D eigenvalue weighted by atomic mass is 9.81. The number of benzene rings is 2. The van der Waals surface area contributed by atoms with Gasteiger partial charge in [-0.15, -0.1) is 0 Å². The summed E-state index contributed by atoms with van der Waals surface area (Å²) in [5.41, 5.74) is 3.53. The predicted molar refractivity (Wildman–Crippen MR) is 108 cm³/mol. The minimum absolute atomic E-state index is 0.0362. The average Bonchev–Trinajstić information content (AvgIpc) is 3.12. The number of hydrogen-bond acceptors (Lipinski definition) is 3. The fraction of sp³-hybridized carbons (Fsp3) is 0.273. The summed E-state index contributed by atoms with van der Waals surface area (Å²) in [5, 5.41) is 5.13. The van der Waals surface area contributed by atoms with Gasteiger partial charge in [0, 0.05) is 54.7 Å². The molecule has 0 atom stereocenters. The SMILES string of the molecule is Cn1ncc2c1-c1ccccc1OC21CCN(C(=O)c2ccc(Cl)cc2)CC1. The van der Waals surface area contributed by atoms with Crippen LogP contribution in [0.5, 0.6) is 5.75 Å². The van der Waals surface area contributed by atoms with Gasteiger partial charge in [-0.1, -0.05) is 23.7 Å². The van der Waals surface area contributed by atoms with Gasteiger partial charge in [-0.2, -0.15) is 5.10 Å². The molecule has 142 valence electrons. The highest BCUT2D eigenvalue weighted by Crippen LogP contribution is 2.49. The molecular formula is C22H20ClN3O2. The zero-order chi connectivity index (χ0) is 19.3. The highest BCUT2D eigenvalue weighted by molar-refractivity contribution is 6.30. The summed E-state index contributed by atoms with van der Waals surface area (Å²) in [4.78, 5) is 14.8. The summed E-state index contributed by atoms with van der Waals surface area (Å²) in [7, 11) is 1.97. The molecule has 0 radical (unpaired) electrons. The maximum absolute atomic E-state index is 12.9. The van der Waals surface area contributed by atoms with Gasteiger partial charge >= 0.3 is 0 Å². The van der Waals surface area contributed by atoms with E-state index in [1.54, 1.807) is 24.3 Å². The van der Waals surface area contributed by atoms with Crippen molar-refractivity contribution >= 4 is 17.5 Å². The molecule has 1 amide bonds. The molecule has 0 bridgehead atoms. The van der Waals surface area contributed by atoms with Crippen LogP contribution >= 0.6 is 11.6 Å². The van der Waals surface area contributed by atoms with Crippen molar-refractivity contribution in [1.82, 2.24) is 14.7 Å². The molecular weight excluding hydrogens is 374 g/mol. The second-order valence-electron chi connectivity index (χ2n) is 7.42. The number of aromatic nitrogens is 2. The second kappa shape index (κ2) is 6.38. The molecule has 1 aromatic heterocycles. The molecule has 6 heteroatoms. The summed E-state index contributed by atoms with van der Waals surface area (Å²) in [6, 6.07) is 15.2. The van der Waals surface area contributed by atoms with Crippen molar-refractivity contribution < 1.29 is 9.53 Å². The monoisotopic (exact) mass is 393 g/mol.